The molecule has 0 radical (unpaired) electrons. The first-order chi connectivity index (χ1) is 9.97. The fourth-order valence-corrected chi connectivity index (χ4v) is 1.99. The summed E-state index contributed by atoms with van der Waals surface area (Å²) in [6.07, 6.45) is 0. The van der Waals surface area contributed by atoms with E-state index in [1.54, 1.807) is 6.07 Å². The summed E-state index contributed by atoms with van der Waals surface area (Å²) in [5.41, 5.74) is 8.51. The molecule has 0 aliphatic heterocycles. The van der Waals surface area contributed by atoms with Crippen LogP contribution in [-0.4, -0.2) is 11.1 Å². The minimum atomic E-state index is -1.03. The van der Waals surface area contributed by atoms with Crippen molar-refractivity contribution in [2.24, 2.45) is 0 Å². The molecule has 0 heterocycles. The molecule has 110 valence electrons. The van der Waals surface area contributed by atoms with Gasteiger partial charge in [-0.3, -0.25) is 0 Å². The van der Waals surface area contributed by atoms with E-state index in [0.29, 0.717) is 18.2 Å². The quantitative estimate of drug-likeness (QED) is 0.822. The van der Waals surface area contributed by atoms with Crippen molar-refractivity contribution in [3.05, 3.63) is 59.2 Å². The molecule has 3 N–H and O–H groups in total. The zero-order valence-electron chi connectivity index (χ0n) is 12.2. The molecular weight excluding hydrogens is 266 g/mol. The van der Waals surface area contributed by atoms with Gasteiger partial charge in [-0.05, 0) is 29.2 Å². The molecule has 0 fully saturated rings. The molecule has 0 saturated heterocycles. The van der Waals surface area contributed by atoms with E-state index in [9.17, 15) is 4.79 Å². The summed E-state index contributed by atoms with van der Waals surface area (Å²) in [5, 5.41) is 9.13. The van der Waals surface area contributed by atoms with E-state index < -0.39 is 5.97 Å². The van der Waals surface area contributed by atoms with Crippen LogP contribution in [0.25, 0.3) is 0 Å². The summed E-state index contributed by atoms with van der Waals surface area (Å²) in [5.74, 6) is -0.261. The molecular formula is C17H19NO3. The lowest BCUT2D eigenvalue weighted by Gasteiger charge is -2.11. The smallest absolute Gasteiger partial charge is 0.339 e. The molecule has 2 aromatic carbocycles. The Kier molecular flexibility index (Phi) is 4.48. The number of benzene rings is 2. The summed E-state index contributed by atoms with van der Waals surface area (Å²) >= 11 is 0. The molecule has 4 nitrogen and oxygen atoms in total. The molecule has 4 heteroatoms. The maximum Gasteiger partial charge on any atom is 0.339 e. The maximum absolute atomic E-state index is 11.1. The van der Waals surface area contributed by atoms with E-state index in [-0.39, 0.29) is 11.3 Å². The van der Waals surface area contributed by atoms with Crippen LogP contribution in [0.3, 0.4) is 0 Å². The van der Waals surface area contributed by atoms with Crippen LogP contribution in [0, 0.1) is 0 Å². The zero-order chi connectivity index (χ0) is 15.4. The van der Waals surface area contributed by atoms with Crippen LogP contribution >= 0.6 is 0 Å². The second kappa shape index (κ2) is 6.31. The second-order valence-electron chi connectivity index (χ2n) is 5.25. The molecule has 2 aromatic rings. The van der Waals surface area contributed by atoms with Gasteiger partial charge in [0.05, 0.1) is 0 Å². The van der Waals surface area contributed by atoms with Crippen molar-refractivity contribution < 1.29 is 14.6 Å². The third kappa shape index (κ3) is 3.75. The fourth-order valence-electron chi connectivity index (χ4n) is 1.99. The molecule has 0 amide bonds. The lowest BCUT2D eigenvalue weighted by atomic mass is 10.0. The predicted molar refractivity (Wildman–Crippen MR) is 82.7 cm³/mol. The van der Waals surface area contributed by atoms with Crippen molar-refractivity contribution in [2.45, 2.75) is 26.4 Å². The van der Waals surface area contributed by atoms with Crippen LogP contribution < -0.4 is 10.5 Å². The molecule has 2 rings (SSSR count). The van der Waals surface area contributed by atoms with Gasteiger partial charge < -0.3 is 15.6 Å². The third-order valence-electron chi connectivity index (χ3n) is 3.28. The first-order valence-corrected chi connectivity index (χ1v) is 6.82. The van der Waals surface area contributed by atoms with Crippen molar-refractivity contribution in [3.8, 4) is 5.75 Å². The van der Waals surface area contributed by atoms with Crippen molar-refractivity contribution in [1.29, 1.82) is 0 Å². The predicted octanol–water partition coefficient (Wildman–Crippen LogP) is 3.67. The van der Waals surface area contributed by atoms with Crippen molar-refractivity contribution >= 4 is 11.7 Å². The van der Waals surface area contributed by atoms with Crippen LogP contribution in [0.2, 0.25) is 0 Å². The van der Waals surface area contributed by atoms with Crippen molar-refractivity contribution in [1.82, 2.24) is 0 Å². The van der Waals surface area contributed by atoms with E-state index in [4.69, 9.17) is 15.6 Å². The standard InChI is InChI=1S/C17H19NO3/c1-11(2)13-5-3-12(4-6-13)10-21-16-9-14(18)7-8-15(16)17(19)20/h3-9,11H,10,18H2,1-2H3,(H,19,20). The molecule has 0 aliphatic carbocycles. The Morgan fingerprint density at radius 2 is 1.86 bits per heavy atom. The Labute approximate surface area is 124 Å². The highest BCUT2D eigenvalue weighted by molar-refractivity contribution is 5.91. The van der Waals surface area contributed by atoms with Gasteiger partial charge in [-0.25, -0.2) is 4.79 Å². The lowest BCUT2D eigenvalue weighted by molar-refractivity contribution is 0.0692. The number of carbonyl (C=O) groups is 1. The van der Waals surface area contributed by atoms with Crippen LogP contribution in [0.15, 0.2) is 42.5 Å². The molecule has 0 bridgehead atoms. The molecule has 0 atom stereocenters. The highest BCUT2D eigenvalue weighted by atomic mass is 16.5. The number of carboxylic acid groups (broad SMARTS) is 1. The number of ether oxygens (including phenoxy) is 1. The summed E-state index contributed by atoms with van der Waals surface area (Å²) in [4.78, 5) is 11.1. The molecule has 0 saturated carbocycles. The Hall–Kier alpha value is -2.49. The Morgan fingerprint density at radius 1 is 1.19 bits per heavy atom. The average Bonchev–Trinajstić information content (AvgIpc) is 2.45. The topological polar surface area (TPSA) is 72.5 Å². The van der Waals surface area contributed by atoms with Gasteiger partial charge in [-0.1, -0.05) is 38.1 Å². The molecule has 0 aliphatic rings. The normalized spacial score (nSPS) is 10.6. The number of nitrogen functional groups attached to an aromatic ring is 1. The zero-order valence-corrected chi connectivity index (χ0v) is 12.2. The highest BCUT2D eigenvalue weighted by Crippen LogP contribution is 2.23. The highest BCUT2D eigenvalue weighted by Gasteiger charge is 2.11. The van der Waals surface area contributed by atoms with Gasteiger partial charge in [0.2, 0.25) is 0 Å². The van der Waals surface area contributed by atoms with E-state index in [1.165, 1.54) is 17.7 Å². The van der Waals surface area contributed by atoms with Gasteiger partial charge in [-0.15, -0.1) is 0 Å². The van der Waals surface area contributed by atoms with Crippen molar-refractivity contribution in [2.75, 3.05) is 5.73 Å². The van der Waals surface area contributed by atoms with E-state index in [1.807, 2.05) is 12.1 Å². The van der Waals surface area contributed by atoms with Crippen LogP contribution in [0.1, 0.15) is 41.3 Å². The molecule has 21 heavy (non-hydrogen) atoms. The van der Waals surface area contributed by atoms with E-state index >= 15 is 0 Å². The van der Waals surface area contributed by atoms with E-state index in [0.717, 1.165) is 5.56 Å². The minimum Gasteiger partial charge on any atom is -0.488 e. The SMILES string of the molecule is CC(C)c1ccc(COc2cc(N)ccc2C(=O)O)cc1. The lowest BCUT2D eigenvalue weighted by Crippen LogP contribution is -2.04. The first-order valence-electron chi connectivity index (χ1n) is 6.82. The van der Waals surface area contributed by atoms with Crippen LogP contribution in [-0.2, 0) is 6.61 Å². The summed E-state index contributed by atoms with van der Waals surface area (Å²) < 4.78 is 5.60. The van der Waals surface area contributed by atoms with Crippen LogP contribution in [0.4, 0.5) is 5.69 Å². The second-order valence-corrected chi connectivity index (χ2v) is 5.25. The van der Waals surface area contributed by atoms with Crippen LogP contribution in [0.5, 0.6) is 5.75 Å². The van der Waals surface area contributed by atoms with Gasteiger partial charge >= 0.3 is 5.97 Å². The fraction of sp³-hybridized carbons (Fsp3) is 0.235. The minimum absolute atomic E-state index is 0.114. The van der Waals surface area contributed by atoms with Gasteiger partial charge in [0.1, 0.15) is 17.9 Å². The number of hydrogen-bond acceptors (Lipinski definition) is 3. The number of rotatable bonds is 5. The molecule has 0 aromatic heterocycles. The third-order valence-corrected chi connectivity index (χ3v) is 3.28. The van der Waals surface area contributed by atoms with Gasteiger partial charge in [0, 0.05) is 11.8 Å². The summed E-state index contributed by atoms with van der Waals surface area (Å²) in [6.45, 7) is 4.58. The summed E-state index contributed by atoms with van der Waals surface area (Å²) in [6, 6.07) is 12.6. The first kappa shape index (κ1) is 14.9. The Balaban J connectivity index is 2.12. The number of anilines is 1. The molecule has 0 spiro atoms. The van der Waals surface area contributed by atoms with Gasteiger partial charge in [-0.2, -0.15) is 0 Å². The molecule has 0 unspecified atom stereocenters. The number of nitrogens with two attached hydrogens (primary N) is 1. The van der Waals surface area contributed by atoms with Gasteiger partial charge in [0.25, 0.3) is 0 Å². The maximum atomic E-state index is 11.1. The van der Waals surface area contributed by atoms with Gasteiger partial charge in [0.15, 0.2) is 0 Å². The largest absolute Gasteiger partial charge is 0.488 e. The number of aromatic carboxylic acids is 1. The monoisotopic (exact) mass is 285 g/mol. The average molecular weight is 285 g/mol. The number of carboxylic acids is 1. The van der Waals surface area contributed by atoms with Crippen molar-refractivity contribution in [3.63, 3.8) is 0 Å². The summed E-state index contributed by atoms with van der Waals surface area (Å²) in [7, 11) is 0. The Morgan fingerprint density at radius 3 is 2.43 bits per heavy atom. The Bertz CT molecular complexity index is 633. The number of hydrogen-bond donors (Lipinski definition) is 2. The van der Waals surface area contributed by atoms with E-state index in [2.05, 4.69) is 26.0 Å².